The van der Waals surface area contributed by atoms with Gasteiger partial charge in [-0.1, -0.05) is 29.8 Å². The molecule has 128 valence electrons. The third kappa shape index (κ3) is 3.94. The van der Waals surface area contributed by atoms with E-state index < -0.39 is 0 Å². The summed E-state index contributed by atoms with van der Waals surface area (Å²) in [5.74, 6) is -0.482. The first kappa shape index (κ1) is 18.4. The summed E-state index contributed by atoms with van der Waals surface area (Å²) in [5.41, 5.74) is 5.13. The number of amides is 1. The third-order valence-corrected chi connectivity index (χ3v) is 4.34. The van der Waals surface area contributed by atoms with Gasteiger partial charge in [0.15, 0.2) is 0 Å². The van der Waals surface area contributed by atoms with Crippen LogP contribution in [0.3, 0.4) is 0 Å². The number of benzene rings is 2. The Bertz CT molecular complexity index is 761. The van der Waals surface area contributed by atoms with Crippen molar-refractivity contribution in [3.63, 3.8) is 0 Å². The van der Waals surface area contributed by atoms with Crippen LogP contribution in [0.1, 0.15) is 27.8 Å². The van der Waals surface area contributed by atoms with Crippen LogP contribution in [-0.2, 0) is 24.2 Å². The Labute approximate surface area is 148 Å². The van der Waals surface area contributed by atoms with Crippen molar-refractivity contribution in [2.45, 2.75) is 33.2 Å². The van der Waals surface area contributed by atoms with Crippen LogP contribution in [0.2, 0.25) is 0 Å². The minimum Gasteiger partial charge on any atom is -0.323 e. The van der Waals surface area contributed by atoms with E-state index in [2.05, 4.69) is 10.6 Å². The van der Waals surface area contributed by atoms with Crippen molar-refractivity contribution in [2.24, 2.45) is 0 Å². The third-order valence-electron chi connectivity index (χ3n) is 4.34. The number of carbonyl (C=O) groups is 1. The molecule has 1 heterocycles. The number of aryl methyl sites for hydroxylation is 2. The molecule has 2 aromatic rings. The Morgan fingerprint density at radius 1 is 1.25 bits per heavy atom. The van der Waals surface area contributed by atoms with Crippen LogP contribution < -0.4 is 10.6 Å². The molecule has 0 unspecified atom stereocenters. The molecule has 0 aromatic heterocycles. The molecule has 0 fully saturated rings. The lowest BCUT2D eigenvalue weighted by atomic mass is 9.99. The molecule has 0 bridgehead atoms. The van der Waals surface area contributed by atoms with Crippen molar-refractivity contribution in [1.82, 2.24) is 5.32 Å². The highest BCUT2D eigenvalue weighted by Gasteiger charge is 2.17. The maximum atomic E-state index is 14.6. The summed E-state index contributed by atoms with van der Waals surface area (Å²) < 4.78 is 14.6. The monoisotopic (exact) mass is 348 g/mol. The van der Waals surface area contributed by atoms with E-state index >= 15 is 0 Å². The van der Waals surface area contributed by atoms with Gasteiger partial charge in [0, 0.05) is 6.54 Å². The molecular weight excluding hydrogens is 327 g/mol. The average molecular weight is 349 g/mol. The second kappa shape index (κ2) is 7.77. The van der Waals surface area contributed by atoms with E-state index in [0.717, 1.165) is 28.8 Å². The summed E-state index contributed by atoms with van der Waals surface area (Å²) in [5, 5.41) is 5.94. The average Bonchev–Trinajstić information content (AvgIpc) is 2.54. The first-order valence-electron chi connectivity index (χ1n) is 7.91. The summed E-state index contributed by atoms with van der Waals surface area (Å²) in [7, 11) is 0. The summed E-state index contributed by atoms with van der Waals surface area (Å²) in [6.07, 6.45) is 0.910. The molecule has 3 nitrogen and oxygen atoms in total. The van der Waals surface area contributed by atoms with Crippen molar-refractivity contribution >= 4 is 24.0 Å². The second-order valence-electron chi connectivity index (χ2n) is 6.15. The van der Waals surface area contributed by atoms with E-state index in [1.54, 1.807) is 6.07 Å². The topological polar surface area (TPSA) is 41.1 Å². The van der Waals surface area contributed by atoms with Crippen LogP contribution in [0.4, 0.5) is 10.1 Å². The summed E-state index contributed by atoms with van der Waals surface area (Å²) in [6.45, 7) is 5.43. The Kier molecular flexibility index (Phi) is 5.97. The van der Waals surface area contributed by atoms with Crippen LogP contribution in [0.25, 0.3) is 0 Å². The second-order valence-corrected chi connectivity index (χ2v) is 6.15. The van der Waals surface area contributed by atoms with Gasteiger partial charge in [0.2, 0.25) is 5.91 Å². The number of fused-ring (bicyclic) bond motifs is 1. The number of halogens is 2. The number of carbonyl (C=O) groups excluding carboxylic acids is 1. The molecule has 0 atom stereocenters. The fraction of sp³-hybridized carbons (Fsp3) is 0.316. The van der Waals surface area contributed by atoms with Crippen LogP contribution in [-0.4, -0.2) is 12.5 Å². The van der Waals surface area contributed by atoms with Gasteiger partial charge < -0.3 is 10.6 Å². The van der Waals surface area contributed by atoms with Gasteiger partial charge in [-0.25, -0.2) is 4.39 Å². The highest BCUT2D eigenvalue weighted by atomic mass is 35.5. The predicted octanol–water partition coefficient (Wildman–Crippen LogP) is 3.69. The highest BCUT2D eigenvalue weighted by molar-refractivity contribution is 5.92. The molecule has 0 saturated carbocycles. The van der Waals surface area contributed by atoms with E-state index in [1.165, 1.54) is 0 Å². The number of hydrogen-bond acceptors (Lipinski definition) is 2. The standard InChI is InChI=1S/C19H21FN2O.ClH/c1-12-3-4-13(2)15(9-12)10-18(23)22-17-6-5-14-11-21-8-7-16(14)19(17)20;/h3-6,9,21H,7-8,10-11H2,1-2H3,(H,22,23);1H. The van der Waals surface area contributed by atoms with Gasteiger partial charge in [-0.3, -0.25) is 4.79 Å². The molecule has 2 N–H and O–H groups in total. The van der Waals surface area contributed by atoms with E-state index in [9.17, 15) is 9.18 Å². The van der Waals surface area contributed by atoms with E-state index in [4.69, 9.17) is 0 Å². The maximum absolute atomic E-state index is 14.6. The molecule has 1 aliphatic heterocycles. The molecule has 0 radical (unpaired) electrons. The molecule has 2 aromatic carbocycles. The zero-order valence-corrected chi connectivity index (χ0v) is 14.7. The Morgan fingerprint density at radius 3 is 2.83 bits per heavy atom. The van der Waals surface area contributed by atoms with Crippen molar-refractivity contribution in [1.29, 1.82) is 0 Å². The molecule has 1 aliphatic rings. The summed E-state index contributed by atoms with van der Waals surface area (Å²) in [4.78, 5) is 12.3. The fourth-order valence-corrected chi connectivity index (χ4v) is 2.99. The van der Waals surface area contributed by atoms with E-state index in [-0.39, 0.29) is 36.2 Å². The van der Waals surface area contributed by atoms with Crippen molar-refractivity contribution < 1.29 is 9.18 Å². The normalized spacial score (nSPS) is 13.0. The Balaban J connectivity index is 0.00000208. The van der Waals surface area contributed by atoms with Gasteiger partial charge in [0.25, 0.3) is 0 Å². The first-order valence-corrected chi connectivity index (χ1v) is 7.91. The van der Waals surface area contributed by atoms with Crippen molar-refractivity contribution in [3.05, 3.63) is 64.0 Å². The Morgan fingerprint density at radius 2 is 2.04 bits per heavy atom. The van der Waals surface area contributed by atoms with Gasteiger partial charge in [-0.2, -0.15) is 0 Å². The molecule has 1 amide bonds. The van der Waals surface area contributed by atoms with Crippen molar-refractivity contribution in [3.8, 4) is 0 Å². The predicted molar refractivity (Wildman–Crippen MR) is 97.3 cm³/mol. The SMILES string of the molecule is Cc1ccc(C)c(CC(=O)Nc2ccc3c(c2F)CCNC3)c1.Cl. The number of rotatable bonds is 3. The zero-order valence-electron chi connectivity index (χ0n) is 13.9. The van der Waals surface area contributed by atoms with Crippen LogP contribution in [0.15, 0.2) is 30.3 Å². The molecule has 0 saturated heterocycles. The Hall–Kier alpha value is -1.91. The summed E-state index contributed by atoms with van der Waals surface area (Å²) in [6, 6.07) is 9.57. The van der Waals surface area contributed by atoms with Crippen LogP contribution in [0.5, 0.6) is 0 Å². The molecule has 5 heteroatoms. The lowest BCUT2D eigenvalue weighted by molar-refractivity contribution is -0.115. The molecule has 0 spiro atoms. The van der Waals surface area contributed by atoms with Crippen LogP contribution in [0, 0.1) is 19.7 Å². The molecule has 3 rings (SSSR count). The summed E-state index contributed by atoms with van der Waals surface area (Å²) >= 11 is 0. The number of hydrogen-bond donors (Lipinski definition) is 2. The number of anilines is 1. The minimum absolute atomic E-state index is 0. The van der Waals surface area contributed by atoms with Crippen molar-refractivity contribution in [2.75, 3.05) is 11.9 Å². The van der Waals surface area contributed by atoms with E-state index in [0.29, 0.717) is 18.5 Å². The smallest absolute Gasteiger partial charge is 0.228 e. The van der Waals surface area contributed by atoms with E-state index in [1.807, 2.05) is 38.1 Å². The number of nitrogens with one attached hydrogen (secondary N) is 2. The van der Waals surface area contributed by atoms with Gasteiger partial charge >= 0.3 is 0 Å². The lowest BCUT2D eigenvalue weighted by Crippen LogP contribution is -2.25. The molecule has 24 heavy (non-hydrogen) atoms. The quantitative estimate of drug-likeness (QED) is 0.888. The van der Waals surface area contributed by atoms with Gasteiger partial charge in [-0.15, -0.1) is 12.4 Å². The van der Waals surface area contributed by atoms with Gasteiger partial charge in [-0.05, 0) is 55.1 Å². The first-order chi connectivity index (χ1) is 11.0. The fourth-order valence-electron chi connectivity index (χ4n) is 2.99. The van der Waals surface area contributed by atoms with Gasteiger partial charge in [0.1, 0.15) is 5.82 Å². The lowest BCUT2D eigenvalue weighted by Gasteiger charge is -2.19. The molecular formula is C19H22ClFN2O. The highest BCUT2D eigenvalue weighted by Crippen LogP contribution is 2.24. The minimum atomic E-state index is -0.293. The largest absolute Gasteiger partial charge is 0.323 e. The van der Waals surface area contributed by atoms with Gasteiger partial charge in [0.05, 0.1) is 12.1 Å². The zero-order chi connectivity index (χ0) is 16.4. The molecule has 0 aliphatic carbocycles. The maximum Gasteiger partial charge on any atom is 0.228 e. The van der Waals surface area contributed by atoms with Crippen LogP contribution >= 0.6 is 12.4 Å².